The predicted octanol–water partition coefficient (Wildman–Crippen LogP) is 5.84. The van der Waals surface area contributed by atoms with E-state index in [0.717, 1.165) is 54.7 Å². The van der Waals surface area contributed by atoms with Gasteiger partial charge in [-0.05, 0) is 56.0 Å². The Kier molecular flexibility index (Phi) is 7.00. The van der Waals surface area contributed by atoms with Gasteiger partial charge < -0.3 is 9.88 Å². The summed E-state index contributed by atoms with van der Waals surface area (Å²) in [4.78, 5) is 17.3. The summed E-state index contributed by atoms with van der Waals surface area (Å²) in [5, 5.41) is 3.05. The molecule has 1 N–H and O–H groups in total. The van der Waals surface area contributed by atoms with E-state index in [9.17, 15) is 4.79 Å². The number of fused-ring (bicyclic) bond motifs is 1. The quantitative estimate of drug-likeness (QED) is 0.342. The number of carbonyl (C=O) groups excluding carboxylic acids is 1. The zero-order valence-corrected chi connectivity index (χ0v) is 19.0. The van der Waals surface area contributed by atoms with Crippen LogP contribution in [0.1, 0.15) is 52.1 Å². The van der Waals surface area contributed by atoms with Gasteiger partial charge in [-0.1, -0.05) is 66.6 Å². The second kappa shape index (κ2) is 10.3. The molecule has 0 saturated carbocycles. The van der Waals surface area contributed by atoms with Gasteiger partial charge in [0.25, 0.3) is 5.91 Å². The molecule has 32 heavy (non-hydrogen) atoms. The van der Waals surface area contributed by atoms with Crippen molar-refractivity contribution >= 4 is 16.9 Å². The molecule has 4 heteroatoms. The van der Waals surface area contributed by atoms with Crippen LogP contribution in [0.4, 0.5) is 0 Å². The number of unbranched alkanes of at least 4 members (excludes halogenated alkanes) is 2. The summed E-state index contributed by atoms with van der Waals surface area (Å²) in [6, 6.07) is 24.8. The Hall–Kier alpha value is -3.40. The van der Waals surface area contributed by atoms with E-state index in [0.29, 0.717) is 6.54 Å². The van der Waals surface area contributed by atoms with E-state index in [-0.39, 0.29) is 5.91 Å². The number of hydrogen-bond acceptors (Lipinski definition) is 2. The van der Waals surface area contributed by atoms with Crippen LogP contribution in [0.3, 0.4) is 0 Å². The SMILES string of the molecule is Cc1cccc(Cn2c(CCCCCNC(=O)c3ccccc3C)nc3ccccc32)c1. The van der Waals surface area contributed by atoms with Crippen LogP contribution in [0, 0.1) is 13.8 Å². The molecule has 0 saturated heterocycles. The second-order valence-electron chi connectivity index (χ2n) is 8.47. The van der Waals surface area contributed by atoms with Crippen molar-refractivity contribution in [2.24, 2.45) is 0 Å². The molecule has 4 nitrogen and oxygen atoms in total. The molecular formula is C28H31N3O. The van der Waals surface area contributed by atoms with E-state index in [1.807, 2.05) is 37.3 Å². The molecule has 0 radical (unpaired) electrons. The normalized spacial score (nSPS) is 11.1. The molecule has 164 valence electrons. The summed E-state index contributed by atoms with van der Waals surface area (Å²) >= 11 is 0. The number of imidazole rings is 1. The molecule has 1 heterocycles. The van der Waals surface area contributed by atoms with Crippen molar-refractivity contribution in [3.8, 4) is 0 Å². The van der Waals surface area contributed by atoms with Gasteiger partial charge in [-0.25, -0.2) is 4.98 Å². The molecule has 0 bridgehead atoms. The fraction of sp³-hybridized carbons (Fsp3) is 0.286. The Labute approximate surface area is 190 Å². The molecular weight excluding hydrogens is 394 g/mol. The van der Waals surface area contributed by atoms with Crippen LogP contribution in [0.25, 0.3) is 11.0 Å². The van der Waals surface area contributed by atoms with E-state index in [1.54, 1.807) is 0 Å². The topological polar surface area (TPSA) is 46.9 Å². The maximum atomic E-state index is 12.3. The smallest absolute Gasteiger partial charge is 0.251 e. The first-order chi connectivity index (χ1) is 15.6. The van der Waals surface area contributed by atoms with Gasteiger partial charge in [-0.2, -0.15) is 0 Å². The lowest BCUT2D eigenvalue weighted by Gasteiger charge is -2.11. The number of aryl methyl sites for hydroxylation is 3. The average Bonchev–Trinajstić information content (AvgIpc) is 3.13. The van der Waals surface area contributed by atoms with Crippen molar-refractivity contribution in [1.82, 2.24) is 14.9 Å². The number of amides is 1. The van der Waals surface area contributed by atoms with Crippen LogP contribution >= 0.6 is 0 Å². The third kappa shape index (κ3) is 5.25. The Balaban J connectivity index is 1.33. The van der Waals surface area contributed by atoms with Crippen LogP contribution in [-0.4, -0.2) is 22.0 Å². The molecule has 0 aliphatic rings. The molecule has 1 aromatic heterocycles. The summed E-state index contributed by atoms with van der Waals surface area (Å²) in [5.41, 5.74) is 6.60. The predicted molar refractivity (Wildman–Crippen MR) is 131 cm³/mol. The standard InChI is InChI=1S/C28H31N3O/c1-21-11-10-13-23(19-21)20-31-26-16-8-7-15-25(26)30-27(31)17-4-3-9-18-29-28(32)24-14-6-5-12-22(24)2/h5-8,10-16,19H,3-4,9,17-18,20H2,1-2H3,(H,29,32). The summed E-state index contributed by atoms with van der Waals surface area (Å²) < 4.78 is 2.35. The third-order valence-corrected chi connectivity index (χ3v) is 5.91. The molecule has 0 fully saturated rings. The van der Waals surface area contributed by atoms with E-state index in [2.05, 4.69) is 59.3 Å². The minimum atomic E-state index is 0.0167. The first kappa shape index (κ1) is 21.8. The van der Waals surface area contributed by atoms with E-state index < -0.39 is 0 Å². The lowest BCUT2D eigenvalue weighted by Crippen LogP contribution is -2.25. The zero-order chi connectivity index (χ0) is 22.3. The lowest BCUT2D eigenvalue weighted by molar-refractivity contribution is 0.0952. The maximum absolute atomic E-state index is 12.3. The van der Waals surface area contributed by atoms with Crippen molar-refractivity contribution in [3.05, 3.63) is 101 Å². The number of nitrogens with one attached hydrogen (secondary N) is 1. The summed E-state index contributed by atoms with van der Waals surface area (Å²) in [5.74, 6) is 1.15. The molecule has 3 aromatic carbocycles. The average molecular weight is 426 g/mol. The molecule has 0 aliphatic heterocycles. The molecule has 4 rings (SSSR count). The number of benzene rings is 3. The Morgan fingerprint density at radius 2 is 1.72 bits per heavy atom. The van der Waals surface area contributed by atoms with E-state index in [1.165, 1.54) is 16.6 Å². The maximum Gasteiger partial charge on any atom is 0.251 e. The summed E-state index contributed by atoms with van der Waals surface area (Å²) in [6.45, 7) is 5.64. The highest BCUT2D eigenvalue weighted by Gasteiger charge is 2.11. The Morgan fingerprint density at radius 3 is 2.56 bits per heavy atom. The van der Waals surface area contributed by atoms with Crippen molar-refractivity contribution in [1.29, 1.82) is 0 Å². The fourth-order valence-electron chi connectivity index (χ4n) is 4.20. The highest BCUT2D eigenvalue weighted by molar-refractivity contribution is 5.95. The van der Waals surface area contributed by atoms with E-state index >= 15 is 0 Å². The van der Waals surface area contributed by atoms with Gasteiger partial charge in [0, 0.05) is 25.1 Å². The van der Waals surface area contributed by atoms with Crippen molar-refractivity contribution in [2.45, 2.75) is 46.1 Å². The van der Waals surface area contributed by atoms with Crippen LogP contribution < -0.4 is 5.32 Å². The number of rotatable bonds is 9. The van der Waals surface area contributed by atoms with Crippen LogP contribution in [0.15, 0.2) is 72.8 Å². The highest BCUT2D eigenvalue weighted by atomic mass is 16.1. The number of hydrogen-bond donors (Lipinski definition) is 1. The minimum absolute atomic E-state index is 0.0167. The van der Waals surface area contributed by atoms with Gasteiger partial charge in [0.1, 0.15) is 5.82 Å². The first-order valence-electron chi connectivity index (χ1n) is 11.5. The second-order valence-corrected chi connectivity index (χ2v) is 8.47. The molecule has 4 aromatic rings. The van der Waals surface area contributed by atoms with Crippen molar-refractivity contribution in [2.75, 3.05) is 6.54 Å². The van der Waals surface area contributed by atoms with Gasteiger partial charge in [0.2, 0.25) is 0 Å². The number of carbonyl (C=O) groups is 1. The molecule has 0 spiro atoms. The zero-order valence-electron chi connectivity index (χ0n) is 19.0. The lowest BCUT2D eigenvalue weighted by atomic mass is 10.1. The van der Waals surface area contributed by atoms with Gasteiger partial charge in [0.15, 0.2) is 0 Å². The number of aromatic nitrogens is 2. The van der Waals surface area contributed by atoms with Crippen LogP contribution in [0.2, 0.25) is 0 Å². The molecule has 0 atom stereocenters. The Bertz CT molecular complexity index is 1210. The molecule has 0 unspecified atom stereocenters. The van der Waals surface area contributed by atoms with Crippen molar-refractivity contribution in [3.63, 3.8) is 0 Å². The van der Waals surface area contributed by atoms with Crippen LogP contribution in [0.5, 0.6) is 0 Å². The molecule has 0 aliphatic carbocycles. The number of para-hydroxylation sites is 2. The summed E-state index contributed by atoms with van der Waals surface area (Å²) in [7, 11) is 0. The van der Waals surface area contributed by atoms with Gasteiger partial charge in [0.05, 0.1) is 11.0 Å². The van der Waals surface area contributed by atoms with Gasteiger partial charge >= 0.3 is 0 Å². The molecule has 1 amide bonds. The highest BCUT2D eigenvalue weighted by Crippen LogP contribution is 2.20. The van der Waals surface area contributed by atoms with Gasteiger partial charge in [-0.3, -0.25) is 4.79 Å². The van der Waals surface area contributed by atoms with Crippen molar-refractivity contribution < 1.29 is 4.79 Å². The summed E-state index contributed by atoms with van der Waals surface area (Å²) in [6.07, 6.45) is 4.01. The minimum Gasteiger partial charge on any atom is -0.352 e. The monoisotopic (exact) mass is 425 g/mol. The fourth-order valence-corrected chi connectivity index (χ4v) is 4.20. The third-order valence-electron chi connectivity index (χ3n) is 5.91. The number of nitrogens with zero attached hydrogens (tertiary/aromatic N) is 2. The van der Waals surface area contributed by atoms with Gasteiger partial charge in [-0.15, -0.1) is 0 Å². The first-order valence-corrected chi connectivity index (χ1v) is 11.5. The largest absolute Gasteiger partial charge is 0.352 e. The van der Waals surface area contributed by atoms with E-state index in [4.69, 9.17) is 4.98 Å². The Morgan fingerprint density at radius 1 is 0.906 bits per heavy atom. The van der Waals surface area contributed by atoms with Crippen LogP contribution in [-0.2, 0) is 13.0 Å².